The monoisotopic (exact) mass is 484 g/mol. The number of amides is 1. The van der Waals surface area contributed by atoms with Crippen LogP contribution in [0, 0.1) is 18.3 Å². The number of nitrogens with zero attached hydrogens (tertiary/aromatic N) is 9. The Balaban J connectivity index is 1.39. The fourth-order valence-corrected chi connectivity index (χ4v) is 3.87. The van der Waals surface area contributed by atoms with Gasteiger partial charge in [0.25, 0.3) is 5.91 Å². The topological polar surface area (TPSA) is 138 Å². The average molecular weight is 485 g/mol. The molecule has 0 saturated carbocycles. The highest BCUT2D eigenvalue weighted by atomic mass is 16.5. The number of pyridine rings is 2. The van der Waals surface area contributed by atoms with Crippen LogP contribution in [0.25, 0.3) is 11.2 Å². The molecular formula is C24H24N10O2. The Hall–Kier alpha value is -4.63. The van der Waals surface area contributed by atoms with Crippen molar-refractivity contribution in [2.24, 2.45) is 7.05 Å². The number of likely N-dealkylation sites (N-methyl/N-ethyl adjacent to an activating group) is 1. The van der Waals surface area contributed by atoms with Crippen LogP contribution in [0.3, 0.4) is 0 Å². The largest absolute Gasteiger partial charge is 0.437 e. The molecule has 0 bridgehead atoms. The van der Waals surface area contributed by atoms with Crippen LogP contribution in [0.15, 0.2) is 36.8 Å². The van der Waals surface area contributed by atoms with Crippen LogP contribution >= 0.6 is 0 Å². The zero-order chi connectivity index (χ0) is 25.2. The molecule has 0 atom stereocenters. The summed E-state index contributed by atoms with van der Waals surface area (Å²) >= 11 is 0. The molecule has 1 aliphatic heterocycles. The lowest BCUT2D eigenvalue weighted by molar-refractivity contribution is 0.0657. The van der Waals surface area contributed by atoms with Crippen molar-refractivity contribution in [2.75, 3.05) is 38.5 Å². The molecule has 12 nitrogen and oxygen atoms in total. The van der Waals surface area contributed by atoms with Crippen molar-refractivity contribution in [3.05, 3.63) is 53.7 Å². The van der Waals surface area contributed by atoms with E-state index in [0.717, 1.165) is 18.7 Å². The normalized spacial score (nSPS) is 14.0. The van der Waals surface area contributed by atoms with E-state index in [1.807, 2.05) is 27.1 Å². The maximum Gasteiger partial charge on any atom is 0.274 e. The Morgan fingerprint density at radius 3 is 2.61 bits per heavy atom. The van der Waals surface area contributed by atoms with E-state index < -0.39 is 0 Å². The van der Waals surface area contributed by atoms with Crippen molar-refractivity contribution < 1.29 is 9.53 Å². The molecule has 0 spiro atoms. The third-order valence-corrected chi connectivity index (χ3v) is 5.97. The van der Waals surface area contributed by atoms with Crippen LogP contribution in [0.2, 0.25) is 0 Å². The van der Waals surface area contributed by atoms with Gasteiger partial charge in [-0.25, -0.2) is 9.97 Å². The second-order valence-corrected chi connectivity index (χ2v) is 8.61. The third-order valence-electron chi connectivity index (χ3n) is 5.97. The molecule has 182 valence electrons. The van der Waals surface area contributed by atoms with Gasteiger partial charge >= 0.3 is 0 Å². The van der Waals surface area contributed by atoms with Gasteiger partial charge in [-0.1, -0.05) is 0 Å². The SMILES string of the molecule is Cc1cc(C#N)ncc1Oc1cc(Nc2ccc(C(=O)N3CCN(C)CC3)nn2)c2ncn(C)c2n1. The first-order chi connectivity index (χ1) is 17.4. The summed E-state index contributed by atoms with van der Waals surface area (Å²) in [7, 11) is 3.88. The Morgan fingerprint density at radius 2 is 1.92 bits per heavy atom. The van der Waals surface area contributed by atoms with Crippen LogP contribution < -0.4 is 10.1 Å². The number of anilines is 2. The highest BCUT2D eigenvalue weighted by molar-refractivity contribution is 5.92. The van der Waals surface area contributed by atoms with E-state index in [-0.39, 0.29) is 5.91 Å². The first-order valence-corrected chi connectivity index (χ1v) is 11.4. The lowest BCUT2D eigenvalue weighted by atomic mass is 10.2. The van der Waals surface area contributed by atoms with E-state index in [9.17, 15) is 4.79 Å². The molecule has 1 fully saturated rings. The number of carbonyl (C=O) groups excluding carboxylic acids is 1. The third kappa shape index (κ3) is 4.64. The zero-order valence-corrected chi connectivity index (χ0v) is 20.1. The maximum absolute atomic E-state index is 12.8. The standard InChI is InChI=1S/C24H24N10O2/c1-15-10-16(12-25)26-13-19(15)36-21-11-18(22-23(29-21)33(3)14-27-22)28-20-5-4-17(30-31-20)24(35)34-8-6-32(2)7-9-34/h4-5,10-11,13-14H,6-9H2,1-3H3,(H,28,29,31). The number of carbonyl (C=O) groups is 1. The first kappa shape index (κ1) is 23.1. The molecule has 0 unspecified atom stereocenters. The first-order valence-electron chi connectivity index (χ1n) is 11.4. The number of fused-ring (bicyclic) bond motifs is 1. The molecule has 0 aliphatic carbocycles. The summed E-state index contributed by atoms with van der Waals surface area (Å²) < 4.78 is 7.77. The van der Waals surface area contributed by atoms with E-state index in [4.69, 9.17) is 10.00 Å². The molecule has 5 heterocycles. The van der Waals surface area contributed by atoms with Gasteiger partial charge in [-0.05, 0) is 37.7 Å². The number of ether oxygens (including phenoxy) is 1. The molecule has 4 aromatic rings. The van der Waals surface area contributed by atoms with E-state index in [1.165, 1.54) is 6.20 Å². The highest BCUT2D eigenvalue weighted by Gasteiger charge is 2.22. The fourth-order valence-electron chi connectivity index (χ4n) is 3.87. The number of imidazole rings is 1. The molecule has 0 radical (unpaired) electrons. The van der Waals surface area contributed by atoms with Gasteiger partial charge in [0.1, 0.15) is 17.3 Å². The van der Waals surface area contributed by atoms with Gasteiger partial charge in [-0.3, -0.25) is 4.79 Å². The number of hydrogen-bond acceptors (Lipinski definition) is 10. The molecule has 36 heavy (non-hydrogen) atoms. The fraction of sp³-hybridized carbons (Fsp3) is 0.292. The summed E-state index contributed by atoms with van der Waals surface area (Å²) in [5, 5.41) is 20.6. The zero-order valence-electron chi connectivity index (χ0n) is 20.1. The van der Waals surface area contributed by atoms with Gasteiger partial charge in [-0.2, -0.15) is 10.2 Å². The van der Waals surface area contributed by atoms with Crippen LogP contribution in [-0.2, 0) is 7.05 Å². The number of nitrogens with one attached hydrogen (secondary N) is 1. The molecule has 1 N–H and O–H groups in total. The minimum Gasteiger partial charge on any atom is -0.437 e. The van der Waals surface area contributed by atoms with Gasteiger partial charge < -0.3 is 24.4 Å². The van der Waals surface area contributed by atoms with Gasteiger partial charge in [0.2, 0.25) is 5.88 Å². The lowest BCUT2D eigenvalue weighted by Gasteiger charge is -2.32. The summed E-state index contributed by atoms with van der Waals surface area (Å²) in [5.41, 5.74) is 3.21. The number of piperazine rings is 1. The van der Waals surface area contributed by atoms with Gasteiger partial charge in [0.05, 0.1) is 18.2 Å². The molecule has 0 aromatic carbocycles. The van der Waals surface area contributed by atoms with E-state index in [1.54, 1.807) is 40.1 Å². The summed E-state index contributed by atoms with van der Waals surface area (Å²) in [6.07, 6.45) is 3.16. The minimum atomic E-state index is -0.125. The van der Waals surface area contributed by atoms with E-state index in [2.05, 4.69) is 35.4 Å². The highest BCUT2D eigenvalue weighted by Crippen LogP contribution is 2.31. The molecule has 12 heteroatoms. The van der Waals surface area contributed by atoms with Crippen LogP contribution in [0.1, 0.15) is 21.7 Å². The summed E-state index contributed by atoms with van der Waals surface area (Å²) in [5.74, 6) is 1.13. The van der Waals surface area contributed by atoms with Crippen LogP contribution in [-0.4, -0.2) is 78.7 Å². The second kappa shape index (κ2) is 9.55. The quantitative estimate of drug-likeness (QED) is 0.449. The number of aryl methyl sites for hydroxylation is 2. The minimum absolute atomic E-state index is 0.125. The predicted octanol–water partition coefficient (Wildman–Crippen LogP) is 2.26. The molecule has 4 aromatic heterocycles. The van der Waals surface area contributed by atoms with Crippen LogP contribution in [0.4, 0.5) is 11.5 Å². The number of nitriles is 1. The van der Waals surface area contributed by atoms with Crippen LogP contribution in [0.5, 0.6) is 11.6 Å². The van der Waals surface area contributed by atoms with Crippen molar-refractivity contribution >= 4 is 28.6 Å². The molecule has 1 amide bonds. The number of rotatable bonds is 5. The molecule has 1 aliphatic rings. The average Bonchev–Trinajstić information content (AvgIpc) is 3.26. The Bertz CT molecular complexity index is 1470. The number of aromatic nitrogens is 6. The van der Waals surface area contributed by atoms with Gasteiger partial charge in [0.15, 0.2) is 22.9 Å². The maximum atomic E-state index is 12.8. The Morgan fingerprint density at radius 1 is 1.11 bits per heavy atom. The van der Waals surface area contributed by atoms with Crippen molar-refractivity contribution in [3.8, 4) is 17.7 Å². The predicted molar refractivity (Wildman–Crippen MR) is 131 cm³/mol. The summed E-state index contributed by atoms with van der Waals surface area (Å²) in [6.45, 7) is 4.85. The van der Waals surface area contributed by atoms with Gasteiger partial charge in [0, 0.05) is 39.3 Å². The number of hydrogen-bond donors (Lipinski definition) is 1. The van der Waals surface area contributed by atoms with E-state index >= 15 is 0 Å². The molecule has 5 rings (SSSR count). The van der Waals surface area contributed by atoms with Crippen molar-refractivity contribution in [2.45, 2.75) is 6.92 Å². The van der Waals surface area contributed by atoms with E-state index in [0.29, 0.717) is 58.8 Å². The lowest BCUT2D eigenvalue weighted by Crippen LogP contribution is -2.47. The van der Waals surface area contributed by atoms with Gasteiger partial charge in [-0.15, -0.1) is 10.2 Å². The molecular weight excluding hydrogens is 460 g/mol. The molecule has 1 saturated heterocycles. The summed E-state index contributed by atoms with van der Waals surface area (Å²) in [6, 6.07) is 8.74. The Kier molecular flexibility index (Phi) is 6.14. The van der Waals surface area contributed by atoms with Crippen molar-refractivity contribution in [1.82, 2.24) is 39.5 Å². The summed E-state index contributed by atoms with van der Waals surface area (Å²) in [4.78, 5) is 29.8. The van der Waals surface area contributed by atoms with Crippen molar-refractivity contribution in [3.63, 3.8) is 0 Å². The second-order valence-electron chi connectivity index (χ2n) is 8.61. The van der Waals surface area contributed by atoms with Crippen molar-refractivity contribution in [1.29, 1.82) is 5.26 Å². The Labute approximate surface area is 207 Å². The smallest absolute Gasteiger partial charge is 0.274 e.